The number of rotatable bonds is 10. The molecule has 0 unspecified atom stereocenters. The van der Waals surface area contributed by atoms with Crippen LogP contribution in [0.3, 0.4) is 0 Å². The molecule has 2 heterocycles. The number of nitrogens with two attached hydrogens (primary N) is 1. The number of para-hydroxylation sites is 1. The number of nitrogens with one attached hydrogen (secondary N) is 2. The van der Waals surface area contributed by atoms with Crippen molar-refractivity contribution in [3.63, 3.8) is 0 Å². The highest BCUT2D eigenvalue weighted by Gasteiger charge is 2.18. The number of hydrogen-bond donors (Lipinski definition) is 3. The van der Waals surface area contributed by atoms with Crippen molar-refractivity contribution in [2.75, 3.05) is 50.4 Å². The SMILES string of the molecule is CCc1nc(C(N)=O)c(Nc2ccccc2)nc1Nc1ccc(-c2ccc(CCN3CCN(C)CC3)cc2)cc1. The summed E-state index contributed by atoms with van der Waals surface area (Å²) in [6, 6.07) is 26.7. The van der Waals surface area contributed by atoms with E-state index in [2.05, 4.69) is 68.9 Å². The topological polar surface area (TPSA) is 99.4 Å². The number of nitrogens with zero attached hydrogens (tertiary/aromatic N) is 4. The summed E-state index contributed by atoms with van der Waals surface area (Å²) in [6.07, 6.45) is 1.67. The van der Waals surface area contributed by atoms with Gasteiger partial charge in [-0.1, -0.05) is 61.5 Å². The number of benzene rings is 3. The van der Waals surface area contributed by atoms with Crippen molar-refractivity contribution in [3.05, 3.63) is 95.8 Å². The second-order valence-corrected chi connectivity index (χ2v) is 10.2. The molecule has 0 spiro atoms. The maximum atomic E-state index is 12.1. The lowest BCUT2D eigenvalue weighted by Gasteiger charge is -2.32. The van der Waals surface area contributed by atoms with Crippen LogP contribution < -0.4 is 16.4 Å². The van der Waals surface area contributed by atoms with Crippen LogP contribution in [-0.4, -0.2) is 65.4 Å². The standard InChI is InChI=1S/C32H37N7O/c1-3-28-31(37-32(29(36-28)30(33)40)35-26-7-5-4-6-8-26)34-27-15-13-25(14-16-27)24-11-9-23(10-12-24)17-18-39-21-19-38(2)20-22-39/h4-16H,3,17-22H2,1-2H3,(H2,33,40)(H2,34,35,37). The molecule has 5 rings (SSSR count). The van der Waals surface area contributed by atoms with Gasteiger partial charge < -0.3 is 26.2 Å². The largest absolute Gasteiger partial charge is 0.364 e. The fraction of sp³-hybridized carbons (Fsp3) is 0.281. The number of primary amides is 1. The minimum Gasteiger partial charge on any atom is -0.364 e. The number of carbonyl (C=O) groups is 1. The first-order chi connectivity index (χ1) is 19.5. The Bertz CT molecular complexity index is 1410. The van der Waals surface area contributed by atoms with Crippen LogP contribution in [0.15, 0.2) is 78.9 Å². The lowest BCUT2D eigenvalue weighted by Crippen LogP contribution is -2.45. The molecule has 3 aromatic carbocycles. The third kappa shape index (κ3) is 6.83. The first-order valence-electron chi connectivity index (χ1n) is 13.9. The predicted molar refractivity (Wildman–Crippen MR) is 162 cm³/mol. The average molecular weight is 536 g/mol. The summed E-state index contributed by atoms with van der Waals surface area (Å²) in [5, 5.41) is 6.56. The van der Waals surface area contributed by atoms with Crippen LogP contribution in [0.5, 0.6) is 0 Å². The van der Waals surface area contributed by atoms with E-state index >= 15 is 0 Å². The minimum atomic E-state index is -0.623. The molecule has 1 aliphatic heterocycles. The molecule has 206 valence electrons. The number of likely N-dealkylation sites (N-methyl/N-ethyl adjacent to an activating group) is 1. The number of aromatic nitrogens is 2. The maximum Gasteiger partial charge on any atom is 0.271 e. The van der Waals surface area contributed by atoms with E-state index in [0.717, 1.165) is 56.1 Å². The van der Waals surface area contributed by atoms with Gasteiger partial charge in [-0.2, -0.15) is 0 Å². The van der Waals surface area contributed by atoms with Crippen molar-refractivity contribution in [2.45, 2.75) is 19.8 Å². The molecular weight excluding hydrogens is 498 g/mol. The zero-order chi connectivity index (χ0) is 27.9. The molecule has 40 heavy (non-hydrogen) atoms. The molecule has 1 amide bonds. The summed E-state index contributed by atoms with van der Waals surface area (Å²) in [6.45, 7) is 7.70. The third-order valence-corrected chi connectivity index (χ3v) is 7.32. The summed E-state index contributed by atoms with van der Waals surface area (Å²) in [7, 11) is 2.19. The smallest absolute Gasteiger partial charge is 0.271 e. The van der Waals surface area contributed by atoms with Gasteiger partial charge in [-0.15, -0.1) is 0 Å². The summed E-state index contributed by atoms with van der Waals surface area (Å²) in [5.74, 6) is 0.285. The second kappa shape index (κ2) is 12.7. The number of piperazine rings is 1. The van der Waals surface area contributed by atoms with E-state index in [4.69, 9.17) is 10.7 Å². The van der Waals surface area contributed by atoms with E-state index in [0.29, 0.717) is 23.8 Å². The number of anilines is 4. The van der Waals surface area contributed by atoms with Crippen molar-refractivity contribution in [1.82, 2.24) is 19.8 Å². The van der Waals surface area contributed by atoms with Gasteiger partial charge in [0.1, 0.15) is 0 Å². The fourth-order valence-electron chi connectivity index (χ4n) is 4.84. The number of hydrogen-bond acceptors (Lipinski definition) is 7. The van der Waals surface area contributed by atoms with Gasteiger partial charge in [-0.25, -0.2) is 9.97 Å². The second-order valence-electron chi connectivity index (χ2n) is 10.2. The summed E-state index contributed by atoms with van der Waals surface area (Å²) in [4.78, 5) is 26.3. The Balaban J connectivity index is 1.27. The Hall–Kier alpha value is -4.27. The molecule has 1 fully saturated rings. The van der Waals surface area contributed by atoms with Crippen LogP contribution >= 0.6 is 0 Å². The monoisotopic (exact) mass is 535 g/mol. The van der Waals surface area contributed by atoms with E-state index < -0.39 is 5.91 Å². The summed E-state index contributed by atoms with van der Waals surface area (Å²) >= 11 is 0. The van der Waals surface area contributed by atoms with Crippen LogP contribution in [0.4, 0.5) is 23.0 Å². The van der Waals surface area contributed by atoms with E-state index in [1.165, 1.54) is 11.1 Å². The molecule has 1 aliphatic rings. The van der Waals surface area contributed by atoms with Crippen molar-refractivity contribution in [1.29, 1.82) is 0 Å². The van der Waals surface area contributed by atoms with Gasteiger partial charge in [-0.05, 0) is 60.8 Å². The van der Waals surface area contributed by atoms with Crippen molar-refractivity contribution < 1.29 is 4.79 Å². The molecule has 0 saturated carbocycles. The molecule has 1 aromatic heterocycles. The summed E-state index contributed by atoms with van der Waals surface area (Å²) < 4.78 is 0. The Morgan fingerprint density at radius 2 is 1.40 bits per heavy atom. The Morgan fingerprint density at radius 1 is 0.800 bits per heavy atom. The molecule has 0 radical (unpaired) electrons. The zero-order valence-corrected chi connectivity index (χ0v) is 23.2. The number of aryl methyl sites for hydroxylation is 1. The first kappa shape index (κ1) is 27.3. The Labute approximate surface area is 236 Å². The highest BCUT2D eigenvalue weighted by molar-refractivity contribution is 5.96. The van der Waals surface area contributed by atoms with Crippen LogP contribution in [0.25, 0.3) is 11.1 Å². The molecule has 4 aromatic rings. The average Bonchev–Trinajstić information content (AvgIpc) is 2.98. The molecule has 1 saturated heterocycles. The van der Waals surface area contributed by atoms with E-state index in [9.17, 15) is 4.79 Å². The van der Waals surface area contributed by atoms with Crippen molar-refractivity contribution in [2.24, 2.45) is 5.73 Å². The molecule has 0 atom stereocenters. The lowest BCUT2D eigenvalue weighted by atomic mass is 10.0. The van der Waals surface area contributed by atoms with Gasteiger partial charge >= 0.3 is 0 Å². The van der Waals surface area contributed by atoms with Crippen LogP contribution in [0, 0.1) is 0 Å². The molecule has 4 N–H and O–H groups in total. The summed E-state index contributed by atoms with van der Waals surface area (Å²) in [5.41, 5.74) is 11.8. The van der Waals surface area contributed by atoms with Crippen LogP contribution in [-0.2, 0) is 12.8 Å². The van der Waals surface area contributed by atoms with Gasteiger partial charge in [0.2, 0.25) is 0 Å². The van der Waals surface area contributed by atoms with Crippen molar-refractivity contribution in [3.8, 4) is 11.1 Å². The molecule has 8 nitrogen and oxygen atoms in total. The van der Waals surface area contributed by atoms with Gasteiger partial charge in [-0.3, -0.25) is 4.79 Å². The van der Waals surface area contributed by atoms with Gasteiger partial charge in [0.05, 0.1) is 5.69 Å². The van der Waals surface area contributed by atoms with Crippen LogP contribution in [0.1, 0.15) is 28.7 Å². The Kier molecular flexibility index (Phi) is 8.68. The van der Waals surface area contributed by atoms with E-state index in [1.54, 1.807) is 0 Å². The van der Waals surface area contributed by atoms with E-state index in [1.807, 2.05) is 49.4 Å². The molecule has 0 aliphatic carbocycles. The molecule has 8 heteroatoms. The minimum absolute atomic E-state index is 0.119. The maximum absolute atomic E-state index is 12.1. The predicted octanol–water partition coefficient (Wildman–Crippen LogP) is 5.08. The van der Waals surface area contributed by atoms with Gasteiger partial charge in [0.25, 0.3) is 5.91 Å². The first-order valence-corrected chi connectivity index (χ1v) is 13.9. The number of carbonyl (C=O) groups excluding carboxylic acids is 1. The van der Waals surface area contributed by atoms with Crippen LogP contribution in [0.2, 0.25) is 0 Å². The van der Waals surface area contributed by atoms with Gasteiger partial charge in [0.15, 0.2) is 17.3 Å². The number of amides is 1. The Morgan fingerprint density at radius 3 is 2.02 bits per heavy atom. The fourth-order valence-corrected chi connectivity index (χ4v) is 4.84. The molecular formula is C32H37N7O. The lowest BCUT2D eigenvalue weighted by molar-refractivity contribution is 0.0996. The quantitative estimate of drug-likeness (QED) is 0.260. The zero-order valence-electron chi connectivity index (χ0n) is 23.2. The third-order valence-electron chi connectivity index (χ3n) is 7.32. The highest BCUT2D eigenvalue weighted by Crippen LogP contribution is 2.27. The normalized spacial score (nSPS) is 14.2. The highest BCUT2D eigenvalue weighted by atomic mass is 16.1. The molecule has 0 bridgehead atoms. The van der Waals surface area contributed by atoms with Gasteiger partial charge in [0, 0.05) is 44.1 Å². The van der Waals surface area contributed by atoms with Crippen molar-refractivity contribution >= 4 is 28.9 Å². The van der Waals surface area contributed by atoms with E-state index in [-0.39, 0.29) is 5.69 Å².